The molecule has 0 saturated heterocycles. The van der Waals surface area contributed by atoms with E-state index in [1.54, 1.807) is 45.0 Å². The van der Waals surface area contributed by atoms with Crippen LogP contribution in [0.3, 0.4) is 0 Å². The Labute approximate surface area is 180 Å². The predicted octanol–water partition coefficient (Wildman–Crippen LogP) is 5.45. The standard InChI is InChI=1S/C24H35NO5/c1-6-7-8-9-10-13-16-29-22(27)19-14-11-12-15-21(19)25-17-20(18(2)26)23(28)30-24(3,4)5/h11-12,14-15,17,20H,6-10,13,16H2,1-5H3. The zero-order valence-electron chi connectivity index (χ0n) is 18.9. The maximum absolute atomic E-state index is 12.4. The second-order valence-corrected chi connectivity index (χ2v) is 8.32. The number of nitrogens with zero attached hydrogens (tertiary/aromatic N) is 1. The molecule has 0 aliphatic heterocycles. The highest BCUT2D eigenvalue weighted by molar-refractivity contribution is 6.11. The molecule has 1 rings (SSSR count). The average molecular weight is 418 g/mol. The van der Waals surface area contributed by atoms with E-state index in [1.165, 1.54) is 32.4 Å². The van der Waals surface area contributed by atoms with E-state index in [2.05, 4.69) is 11.9 Å². The van der Waals surface area contributed by atoms with Crippen molar-refractivity contribution in [2.24, 2.45) is 10.9 Å². The van der Waals surface area contributed by atoms with Gasteiger partial charge < -0.3 is 9.47 Å². The Kier molecular flexibility index (Phi) is 11.0. The number of hydrogen-bond donors (Lipinski definition) is 0. The van der Waals surface area contributed by atoms with Crippen LogP contribution in [-0.4, -0.2) is 36.1 Å². The highest BCUT2D eigenvalue weighted by atomic mass is 16.6. The Hall–Kier alpha value is -2.50. The van der Waals surface area contributed by atoms with Gasteiger partial charge in [-0.1, -0.05) is 51.2 Å². The highest BCUT2D eigenvalue weighted by Crippen LogP contribution is 2.21. The zero-order chi connectivity index (χ0) is 22.6. The molecule has 1 atom stereocenters. The van der Waals surface area contributed by atoms with Crippen molar-refractivity contribution >= 4 is 29.6 Å². The number of unbranched alkanes of at least 4 members (excludes halogenated alkanes) is 5. The summed E-state index contributed by atoms with van der Waals surface area (Å²) in [5.74, 6) is -2.64. The minimum absolute atomic E-state index is 0.297. The summed E-state index contributed by atoms with van der Waals surface area (Å²) >= 11 is 0. The third kappa shape index (κ3) is 9.81. The number of carbonyl (C=O) groups excluding carboxylic acids is 3. The summed E-state index contributed by atoms with van der Waals surface area (Å²) in [6, 6.07) is 6.71. The van der Waals surface area contributed by atoms with Crippen molar-refractivity contribution in [1.29, 1.82) is 0 Å². The van der Waals surface area contributed by atoms with E-state index in [1.807, 2.05) is 0 Å². The summed E-state index contributed by atoms with van der Waals surface area (Å²) in [5.41, 5.74) is -0.0665. The number of rotatable bonds is 12. The molecular weight excluding hydrogens is 382 g/mol. The fourth-order valence-corrected chi connectivity index (χ4v) is 2.74. The van der Waals surface area contributed by atoms with Gasteiger partial charge in [-0.25, -0.2) is 4.79 Å². The smallest absolute Gasteiger partial charge is 0.340 e. The minimum atomic E-state index is -1.13. The van der Waals surface area contributed by atoms with E-state index in [0.717, 1.165) is 19.3 Å². The summed E-state index contributed by atoms with van der Waals surface area (Å²) < 4.78 is 10.7. The number of ether oxygens (including phenoxy) is 2. The van der Waals surface area contributed by atoms with Crippen molar-refractivity contribution in [1.82, 2.24) is 0 Å². The molecule has 30 heavy (non-hydrogen) atoms. The molecule has 0 bridgehead atoms. The van der Waals surface area contributed by atoms with Gasteiger partial charge in [0.2, 0.25) is 0 Å². The van der Waals surface area contributed by atoms with Gasteiger partial charge in [0.25, 0.3) is 0 Å². The quantitative estimate of drug-likeness (QED) is 0.195. The molecule has 6 heteroatoms. The van der Waals surface area contributed by atoms with Gasteiger partial charge in [-0.05, 0) is 46.2 Å². The second-order valence-electron chi connectivity index (χ2n) is 8.32. The van der Waals surface area contributed by atoms with E-state index in [4.69, 9.17) is 9.47 Å². The van der Waals surface area contributed by atoms with Crippen LogP contribution in [0.15, 0.2) is 29.3 Å². The zero-order valence-corrected chi connectivity index (χ0v) is 18.9. The van der Waals surface area contributed by atoms with Crippen LogP contribution in [0.25, 0.3) is 0 Å². The summed E-state index contributed by atoms with van der Waals surface area (Å²) in [7, 11) is 0. The molecule has 0 spiro atoms. The fraction of sp³-hybridized carbons (Fsp3) is 0.583. The van der Waals surface area contributed by atoms with Crippen LogP contribution >= 0.6 is 0 Å². The molecule has 6 nitrogen and oxygen atoms in total. The van der Waals surface area contributed by atoms with E-state index in [0.29, 0.717) is 17.9 Å². The van der Waals surface area contributed by atoms with Crippen LogP contribution in [0.1, 0.15) is 83.5 Å². The molecule has 1 aromatic rings. The molecule has 0 amide bonds. The van der Waals surface area contributed by atoms with E-state index >= 15 is 0 Å². The summed E-state index contributed by atoms with van der Waals surface area (Å²) in [5, 5.41) is 0. The van der Waals surface area contributed by atoms with Gasteiger partial charge in [0, 0.05) is 6.21 Å². The van der Waals surface area contributed by atoms with E-state index in [-0.39, 0.29) is 5.78 Å². The van der Waals surface area contributed by atoms with Crippen molar-refractivity contribution < 1.29 is 23.9 Å². The molecule has 1 aromatic carbocycles. The van der Waals surface area contributed by atoms with Crippen molar-refractivity contribution in [2.45, 2.75) is 78.7 Å². The summed E-state index contributed by atoms with van der Waals surface area (Å²) in [6.07, 6.45) is 7.87. The Bertz CT molecular complexity index is 733. The molecule has 0 radical (unpaired) electrons. The lowest BCUT2D eigenvalue weighted by molar-refractivity contribution is -0.158. The number of carbonyl (C=O) groups is 3. The van der Waals surface area contributed by atoms with Crippen molar-refractivity contribution in [3.63, 3.8) is 0 Å². The first-order valence-electron chi connectivity index (χ1n) is 10.7. The van der Waals surface area contributed by atoms with Crippen LogP contribution in [-0.2, 0) is 19.1 Å². The van der Waals surface area contributed by atoms with Gasteiger partial charge in [0.05, 0.1) is 17.9 Å². The topological polar surface area (TPSA) is 82.0 Å². The van der Waals surface area contributed by atoms with E-state index < -0.39 is 23.5 Å². The van der Waals surface area contributed by atoms with Gasteiger partial charge in [0.15, 0.2) is 5.92 Å². The van der Waals surface area contributed by atoms with Crippen LogP contribution in [0, 0.1) is 5.92 Å². The Morgan fingerprint density at radius 2 is 1.67 bits per heavy atom. The third-order valence-corrected chi connectivity index (χ3v) is 4.32. The van der Waals surface area contributed by atoms with Crippen molar-refractivity contribution in [3.8, 4) is 0 Å². The number of hydrogen-bond acceptors (Lipinski definition) is 6. The molecule has 0 aromatic heterocycles. The first-order valence-corrected chi connectivity index (χ1v) is 10.7. The molecule has 0 N–H and O–H groups in total. The first kappa shape index (κ1) is 25.5. The average Bonchev–Trinajstić information content (AvgIpc) is 2.66. The van der Waals surface area contributed by atoms with Gasteiger partial charge in [-0.3, -0.25) is 14.6 Å². The Morgan fingerprint density at radius 1 is 1.03 bits per heavy atom. The number of aliphatic imine (C=N–C) groups is 1. The first-order chi connectivity index (χ1) is 14.2. The molecule has 0 heterocycles. The summed E-state index contributed by atoms with van der Waals surface area (Å²) in [4.78, 5) is 40.9. The largest absolute Gasteiger partial charge is 0.462 e. The number of ketones is 1. The molecule has 1 unspecified atom stereocenters. The fourth-order valence-electron chi connectivity index (χ4n) is 2.74. The molecule has 166 valence electrons. The second kappa shape index (κ2) is 12.9. The Morgan fingerprint density at radius 3 is 2.30 bits per heavy atom. The number of esters is 2. The lowest BCUT2D eigenvalue weighted by Gasteiger charge is -2.21. The number of para-hydroxylation sites is 1. The van der Waals surface area contributed by atoms with Gasteiger partial charge in [-0.15, -0.1) is 0 Å². The van der Waals surface area contributed by atoms with Crippen molar-refractivity contribution in [2.75, 3.05) is 6.61 Å². The molecule has 0 aliphatic rings. The number of benzene rings is 1. The van der Waals surface area contributed by atoms with Crippen LogP contribution in [0.4, 0.5) is 5.69 Å². The number of Topliss-reactive ketones (excluding diaryl/α,β-unsaturated/α-hetero) is 1. The van der Waals surface area contributed by atoms with Gasteiger partial charge in [-0.2, -0.15) is 0 Å². The SMILES string of the molecule is CCCCCCCCOC(=O)c1ccccc1N=CC(C(C)=O)C(=O)OC(C)(C)C. The predicted molar refractivity (Wildman–Crippen MR) is 118 cm³/mol. The summed E-state index contributed by atoms with van der Waals surface area (Å²) in [6.45, 7) is 9.03. The van der Waals surface area contributed by atoms with Gasteiger partial charge in [0.1, 0.15) is 11.4 Å². The van der Waals surface area contributed by atoms with Crippen LogP contribution < -0.4 is 0 Å². The van der Waals surface area contributed by atoms with Crippen LogP contribution in [0.2, 0.25) is 0 Å². The monoisotopic (exact) mass is 417 g/mol. The van der Waals surface area contributed by atoms with Crippen molar-refractivity contribution in [3.05, 3.63) is 29.8 Å². The Balaban J connectivity index is 2.75. The van der Waals surface area contributed by atoms with E-state index in [9.17, 15) is 14.4 Å². The maximum atomic E-state index is 12.4. The normalized spacial score (nSPS) is 12.6. The maximum Gasteiger partial charge on any atom is 0.340 e. The van der Waals surface area contributed by atoms with Gasteiger partial charge >= 0.3 is 11.9 Å². The molecule has 0 aliphatic carbocycles. The molecule has 0 fully saturated rings. The lowest BCUT2D eigenvalue weighted by atomic mass is 10.1. The highest BCUT2D eigenvalue weighted by Gasteiger charge is 2.27. The molecule has 0 saturated carbocycles. The van der Waals surface area contributed by atoms with Crippen LogP contribution in [0.5, 0.6) is 0 Å². The third-order valence-electron chi connectivity index (χ3n) is 4.32. The lowest BCUT2D eigenvalue weighted by Crippen LogP contribution is -2.32. The minimum Gasteiger partial charge on any atom is -0.462 e. The molecular formula is C24H35NO5.